The van der Waals surface area contributed by atoms with Gasteiger partial charge in [0.05, 0.1) is 11.9 Å². The van der Waals surface area contributed by atoms with Gasteiger partial charge < -0.3 is 10.5 Å². The fourth-order valence-corrected chi connectivity index (χ4v) is 3.77. The number of rotatable bonds is 8. The highest BCUT2D eigenvalue weighted by molar-refractivity contribution is 7.91. The van der Waals surface area contributed by atoms with Crippen LogP contribution < -0.4 is 10.5 Å². The molecule has 0 spiro atoms. The summed E-state index contributed by atoms with van der Waals surface area (Å²) in [5.74, 6) is 1.73. The molecule has 0 aliphatic rings. The summed E-state index contributed by atoms with van der Waals surface area (Å²) in [5.41, 5.74) is 8.08. The van der Waals surface area contributed by atoms with Crippen molar-refractivity contribution in [1.29, 1.82) is 0 Å². The molecule has 0 aliphatic heterocycles. The van der Waals surface area contributed by atoms with Crippen molar-refractivity contribution in [3.63, 3.8) is 0 Å². The predicted molar refractivity (Wildman–Crippen MR) is 130 cm³/mol. The molecule has 0 radical (unpaired) electrons. The van der Waals surface area contributed by atoms with Crippen LogP contribution in [0.1, 0.15) is 7.43 Å². The number of ether oxygens (including phenoxy) is 1. The minimum atomic E-state index is -3.52. The average molecular weight is 467 g/mol. The number of likely N-dealkylation sites (N-methyl/N-ethyl adjacent to an activating group) is 1. The standard InChI is InChI=1S/C22H22N6O3S.CH4/c1-3-32(29,30)27(2)13-14-28-22-19(21(23)24-15-25-22)20(26-28)16-9-11-18(12-10-16)31-17-7-5-4-6-8-17;/h3-12,15H,1,13-14H2,2H3,(H2,23,24,25);1H4. The summed E-state index contributed by atoms with van der Waals surface area (Å²) >= 11 is 0. The zero-order valence-corrected chi connectivity index (χ0v) is 18.2. The van der Waals surface area contributed by atoms with Gasteiger partial charge in [-0.1, -0.05) is 32.2 Å². The molecule has 0 aliphatic carbocycles. The molecule has 2 aromatic carbocycles. The highest BCUT2D eigenvalue weighted by Crippen LogP contribution is 2.32. The molecule has 0 saturated carbocycles. The monoisotopic (exact) mass is 466 g/mol. The molecule has 33 heavy (non-hydrogen) atoms. The Morgan fingerprint density at radius 3 is 2.42 bits per heavy atom. The predicted octanol–water partition coefficient (Wildman–Crippen LogP) is 3.91. The average Bonchev–Trinajstić information content (AvgIpc) is 3.18. The maximum absolute atomic E-state index is 11.9. The van der Waals surface area contributed by atoms with Crippen molar-refractivity contribution < 1.29 is 13.2 Å². The van der Waals surface area contributed by atoms with Gasteiger partial charge in [-0.15, -0.1) is 0 Å². The van der Waals surface area contributed by atoms with E-state index in [1.165, 1.54) is 17.7 Å². The molecular weight excluding hydrogens is 440 g/mol. The second-order valence-corrected chi connectivity index (χ2v) is 8.99. The van der Waals surface area contributed by atoms with Crippen molar-refractivity contribution in [2.45, 2.75) is 14.0 Å². The van der Waals surface area contributed by atoms with E-state index in [4.69, 9.17) is 10.5 Å². The highest BCUT2D eigenvalue weighted by atomic mass is 32.2. The first-order chi connectivity index (χ1) is 15.4. The molecule has 0 unspecified atom stereocenters. The van der Waals surface area contributed by atoms with E-state index in [0.29, 0.717) is 28.3 Å². The number of aromatic nitrogens is 4. The van der Waals surface area contributed by atoms with Crippen molar-refractivity contribution >= 4 is 26.9 Å². The molecule has 172 valence electrons. The number of sulfonamides is 1. The third-order valence-corrected chi connectivity index (χ3v) is 6.41. The van der Waals surface area contributed by atoms with E-state index in [1.807, 2.05) is 54.6 Å². The second-order valence-electron chi connectivity index (χ2n) is 7.00. The fraction of sp³-hybridized carbons (Fsp3) is 0.174. The van der Waals surface area contributed by atoms with Gasteiger partial charge in [0.2, 0.25) is 10.0 Å². The van der Waals surface area contributed by atoms with Crippen LogP contribution in [0.3, 0.4) is 0 Å². The van der Waals surface area contributed by atoms with E-state index < -0.39 is 10.0 Å². The van der Waals surface area contributed by atoms with Gasteiger partial charge in [0.25, 0.3) is 0 Å². The number of hydrogen-bond donors (Lipinski definition) is 1. The quantitative estimate of drug-likeness (QED) is 0.418. The smallest absolute Gasteiger partial charge is 0.235 e. The Labute approximate surface area is 193 Å². The second kappa shape index (κ2) is 9.80. The topological polar surface area (TPSA) is 116 Å². The number of anilines is 1. The lowest BCUT2D eigenvalue weighted by atomic mass is 10.1. The van der Waals surface area contributed by atoms with Gasteiger partial charge in [-0.3, -0.25) is 0 Å². The molecule has 0 atom stereocenters. The van der Waals surface area contributed by atoms with E-state index >= 15 is 0 Å². The van der Waals surface area contributed by atoms with Crippen molar-refractivity contribution in [1.82, 2.24) is 24.1 Å². The number of nitrogens with zero attached hydrogens (tertiary/aromatic N) is 5. The van der Waals surface area contributed by atoms with Crippen LogP contribution in [0.4, 0.5) is 5.82 Å². The van der Waals surface area contributed by atoms with Gasteiger partial charge in [0.1, 0.15) is 29.3 Å². The van der Waals surface area contributed by atoms with Gasteiger partial charge in [0.15, 0.2) is 5.65 Å². The van der Waals surface area contributed by atoms with E-state index in [-0.39, 0.29) is 20.5 Å². The molecule has 4 aromatic rings. The molecule has 2 aromatic heterocycles. The molecule has 10 heteroatoms. The number of para-hydroxylation sites is 1. The summed E-state index contributed by atoms with van der Waals surface area (Å²) in [6.45, 7) is 3.82. The third-order valence-electron chi connectivity index (χ3n) is 4.94. The highest BCUT2D eigenvalue weighted by Gasteiger charge is 2.19. The van der Waals surface area contributed by atoms with Gasteiger partial charge in [-0.25, -0.2) is 23.1 Å². The minimum absolute atomic E-state index is 0. The first-order valence-corrected chi connectivity index (χ1v) is 11.3. The Kier molecular flexibility index (Phi) is 7.10. The van der Waals surface area contributed by atoms with Crippen molar-refractivity contribution in [2.24, 2.45) is 0 Å². The summed E-state index contributed by atoms with van der Waals surface area (Å²) in [7, 11) is -2.04. The van der Waals surface area contributed by atoms with Crippen LogP contribution in [0.25, 0.3) is 22.3 Å². The van der Waals surface area contributed by atoms with Crippen molar-refractivity contribution in [3.05, 3.63) is 72.9 Å². The lowest BCUT2D eigenvalue weighted by molar-refractivity contribution is 0.442. The number of fused-ring (bicyclic) bond motifs is 1. The zero-order valence-electron chi connectivity index (χ0n) is 17.4. The molecule has 2 N–H and O–H groups in total. The summed E-state index contributed by atoms with van der Waals surface area (Å²) in [5, 5.41) is 6.19. The fourth-order valence-electron chi connectivity index (χ4n) is 3.18. The maximum Gasteiger partial charge on any atom is 0.235 e. The first kappa shape index (κ1) is 23.9. The molecule has 0 amide bonds. The zero-order chi connectivity index (χ0) is 22.7. The van der Waals surface area contributed by atoms with Crippen molar-refractivity contribution in [3.8, 4) is 22.8 Å². The third kappa shape index (κ3) is 5.02. The molecule has 0 saturated heterocycles. The molecule has 9 nitrogen and oxygen atoms in total. The Morgan fingerprint density at radius 2 is 1.76 bits per heavy atom. The summed E-state index contributed by atoms with van der Waals surface area (Å²) < 4.78 is 32.6. The molecule has 0 bridgehead atoms. The van der Waals surface area contributed by atoms with E-state index in [9.17, 15) is 8.42 Å². The number of nitrogens with two attached hydrogens (primary N) is 1. The normalized spacial score (nSPS) is 11.3. The van der Waals surface area contributed by atoms with Crippen LogP contribution in [-0.2, 0) is 16.6 Å². The SMILES string of the molecule is C.C=CS(=O)(=O)N(C)CCn1nc(-c2ccc(Oc3ccccc3)cc2)c2c(N)ncnc21. The largest absolute Gasteiger partial charge is 0.457 e. The Bertz CT molecular complexity index is 1350. The maximum atomic E-state index is 11.9. The molecule has 4 rings (SSSR count). The molecular formula is C23H26N6O3S. The summed E-state index contributed by atoms with van der Waals surface area (Å²) in [6.07, 6.45) is 1.36. The van der Waals surface area contributed by atoms with Gasteiger partial charge in [0, 0.05) is 24.6 Å². The minimum Gasteiger partial charge on any atom is -0.457 e. The van der Waals surface area contributed by atoms with E-state index in [2.05, 4.69) is 21.6 Å². The molecule has 2 heterocycles. The number of benzene rings is 2. The lowest BCUT2D eigenvalue weighted by Crippen LogP contribution is -2.28. The number of hydrogen-bond acceptors (Lipinski definition) is 7. The van der Waals surface area contributed by atoms with Crippen LogP contribution in [0.15, 0.2) is 72.9 Å². The lowest BCUT2D eigenvalue weighted by Gasteiger charge is -2.14. The Morgan fingerprint density at radius 1 is 1.09 bits per heavy atom. The van der Waals surface area contributed by atoms with Crippen LogP contribution in [0.5, 0.6) is 11.5 Å². The van der Waals surface area contributed by atoms with Crippen LogP contribution in [0.2, 0.25) is 0 Å². The van der Waals surface area contributed by atoms with Gasteiger partial charge in [-0.05, 0) is 36.4 Å². The van der Waals surface area contributed by atoms with Gasteiger partial charge >= 0.3 is 0 Å². The Balaban J connectivity index is 0.00000306. The van der Waals surface area contributed by atoms with Gasteiger partial charge in [-0.2, -0.15) is 9.40 Å². The van der Waals surface area contributed by atoms with Crippen molar-refractivity contribution in [2.75, 3.05) is 19.3 Å². The summed E-state index contributed by atoms with van der Waals surface area (Å²) in [6, 6.07) is 16.9. The summed E-state index contributed by atoms with van der Waals surface area (Å²) in [4.78, 5) is 8.42. The first-order valence-electron chi connectivity index (χ1n) is 9.78. The number of nitrogen functional groups attached to an aromatic ring is 1. The van der Waals surface area contributed by atoms with Crippen LogP contribution in [-0.4, -0.2) is 46.1 Å². The van der Waals surface area contributed by atoms with E-state index in [1.54, 1.807) is 4.68 Å². The van der Waals surface area contributed by atoms with Crippen LogP contribution in [0, 0.1) is 0 Å². The molecule has 0 fully saturated rings. The Hall–Kier alpha value is -3.76. The van der Waals surface area contributed by atoms with Crippen LogP contribution >= 0.6 is 0 Å². The van der Waals surface area contributed by atoms with E-state index in [0.717, 1.165) is 16.7 Å².